The van der Waals surface area contributed by atoms with E-state index in [1.807, 2.05) is 51.1 Å². The van der Waals surface area contributed by atoms with Crippen molar-refractivity contribution in [1.29, 1.82) is 0 Å². The quantitative estimate of drug-likeness (QED) is 0.859. The Morgan fingerprint density at radius 3 is 2.42 bits per heavy atom. The van der Waals surface area contributed by atoms with E-state index >= 15 is 0 Å². The highest BCUT2D eigenvalue weighted by atomic mass is 16.7. The van der Waals surface area contributed by atoms with Gasteiger partial charge < -0.3 is 11.5 Å². The van der Waals surface area contributed by atoms with E-state index in [9.17, 15) is 0 Å². The van der Waals surface area contributed by atoms with Gasteiger partial charge in [0.25, 0.3) is 0 Å². The molecule has 1 unspecified atom stereocenters. The van der Waals surface area contributed by atoms with Gasteiger partial charge in [0.1, 0.15) is 6.10 Å². The Balaban J connectivity index is 2.17. The number of guanidine groups is 2. The van der Waals surface area contributed by atoms with Gasteiger partial charge in [0, 0.05) is 0 Å². The van der Waals surface area contributed by atoms with Gasteiger partial charge in [0.2, 0.25) is 11.9 Å². The molecule has 1 atom stereocenters. The molecule has 0 aliphatic carbocycles. The second-order valence-electron chi connectivity index (χ2n) is 4.89. The molecule has 0 saturated heterocycles. The van der Waals surface area contributed by atoms with Gasteiger partial charge in [-0.3, -0.25) is 4.84 Å². The highest BCUT2D eigenvalue weighted by Crippen LogP contribution is 2.25. The van der Waals surface area contributed by atoms with Crippen LogP contribution in [0.15, 0.2) is 40.3 Å². The molecule has 102 valence electrons. The molecule has 0 radical (unpaired) electrons. The molecule has 1 aliphatic rings. The van der Waals surface area contributed by atoms with Gasteiger partial charge in [0.15, 0.2) is 5.66 Å². The van der Waals surface area contributed by atoms with Crippen molar-refractivity contribution < 1.29 is 4.84 Å². The summed E-state index contributed by atoms with van der Waals surface area (Å²) in [6.45, 7) is 5.67. The Bertz CT molecular complexity index is 509. The topological polar surface area (TPSA) is 89.2 Å². The molecule has 1 aromatic rings. The van der Waals surface area contributed by atoms with E-state index in [-0.39, 0.29) is 18.0 Å². The zero-order valence-electron chi connectivity index (χ0n) is 11.4. The highest BCUT2D eigenvalue weighted by molar-refractivity contribution is 5.95. The number of hydrogen-bond acceptors (Lipinski definition) is 6. The van der Waals surface area contributed by atoms with Crippen LogP contribution in [0.5, 0.6) is 0 Å². The summed E-state index contributed by atoms with van der Waals surface area (Å²) in [7, 11) is 0. The third kappa shape index (κ3) is 2.85. The van der Waals surface area contributed by atoms with Gasteiger partial charge in [-0.25, -0.2) is 4.99 Å². The lowest BCUT2D eigenvalue weighted by Gasteiger charge is -2.38. The normalized spacial score (nSPS) is 19.6. The monoisotopic (exact) mass is 261 g/mol. The number of nitrogens with two attached hydrogens (primary N) is 2. The molecule has 0 fully saturated rings. The first-order valence-electron chi connectivity index (χ1n) is 6.11. The summed E-state index contributed by atoms with van der Waals surface area (Å²) in [6.07, 6.45) is -0.163. The summed E-state index contributed by atoms with van der Waals surface area (Å²) in [4.78, 5) is 14.0. The van der Waals surface area contributed by atoms with E-state index in [1.165, 1.54) is 5.06 Å². The second kappa shape index (κ2) is 4.89. The van der Waals surface area contributed by atoms with Crippen molar-refractivity contribution in [2.75, 3.05) is 0 Å². The predicted octanol–water partition coefficient (Wildman–Crippen LogP) is 1.36. The number of nitrogens with zero attached hydrogens (tertiary/aromatic N) is 3. The molecule has 0 amide bonds. The lowest BCUT2D eigenvalue weighted by atomic mass is 10.1. The van der Waals surface area contributed by atoms with Crippen LogP contribution in [-0.4, -0.2) is 22.6 Å². The lowest BCUT2D eigenvalue weighted by molar-refractivity contribution is -0.191. The molecule has 6 heteroatoms. The van der Waals surface area contributed by atoms with Gasteiger partial charge in [-0.05, 0) is 26.3 Å². The van der Waals surface area contributed by atoms with Crippen molar-refractivity contribution in [3.8, 4) is 0 Å². The van der Waals surface area contributed by atoms with Crippen molar-refractivity contribution in [1.82, 2.24) is 5.06 Å². The Kier molecular flexibility index (Phi) is 3.44. The van der Waals surface area contributed by atoms with Crippen LogP contribution in [0.1, 0.15) is 32.4 Å². The first-order chi connectivity index (χ1) is 8.90. The van der Waals surface area contributed by atoms with E-state index in [0.717, 1.165) is 5.56 Å². The van der Waals surface area contributed by atoms with Gasteiger partial charge in [0.05, 0.1) is 0 Å². The van der Waals surface area contributed by atoms with Gasteiger partial charge in [-0.15, -0.1) is 0 Å². The van der Waals surface area contributed by atoms with Crippen LogP contribution in [0.25, 0.3) is 0 Å². The molecule has 0 bridgehead atoms. The van der Waals surface area contributed by atoms with Gasteiger partial charge in [-0.1, -0.05) is 30.3 Å². The van der Waals surface area contributed by atoms with E-state index in [0.29, 0.717) is 0 Å². The number of hydrogen-bond donors (Lipinski definition) is 2. The molecule has 19 heavy (non-hydrogen) atoms. The van der Waals surface area contributed by atoms with Crippen LogP contribution in [-0.2, 0) is 4.84 Å². The van der Waals surface area contributed by atoms with E-state index in [1.54, 1.807) is 0 Å². The van der Waals surface area contributed by atoms with Crippen LogP contribution in [0.4, 0.5) is 0 Å². The van der Waals surface area contributed by atoms with E-state index in [4.69, 9.17) is 16.3 Å². The molecular weight excluding hydrogens is 242 g/mol. The fraction of sp³-hybridized carbons (Fsp3) is 0.385. The summed E-state index contributed by atoms with van der Waals surface area (Å²) < 4.78 is 0. The van der Waals surface area contributed by atoms with Gasteiger partial charge in [-0.2, -0.15) is 10.1 Å². The molecule has 1 heterocycles. The minimum absolute atomic E-state index is 0.162. The zero-order valence-corrected chi connectivity index (χ0v) is 11.4. The molecule has 4 N–H and O–H groups in total. The maximum Gasteiger partial charge on any atom is 0.226 e. The predicted molar refractivity (Wildman–Crippen MR) is 75.1 cm³/mol. The zero-order chi connectivity index (χ0) is 14.0. The number of rotatable bonds is 3. The van der Waals surface area contributed by atoms with Crippen molar-refractivity contribution >= 4 is 11.9 Å². The smallest absolute Gasteiger partial charge is 0.226 e. The van der Waals surface area contributed by atoms with Gasteiger partial charge >= 0.3 is 0 Å². The van der Waals surface area contributed by atoms with Crippen molar-refractivity contribution in [2.24, 2.45) is 21.5 Å². The van der Waals surface area contributed by atoms with Crippen LogP contribution in [0.3, 0.4) is 0 Å². The van der Waals surface area contributed by atoms with Crippen molar-refractivity contribution in [2.45, 2.75) is 32.5 Å². The molecule has 6 nitrogen and oxygen atoms in total. The minimum atomic E-state index is -0.682. The van der Waals surface area contributed by atoms with E-state index in [2.05, 4.69) is 9.98 Å². The fourth-order valence-electron chi connectivity index (χ4n) is 1.92. The maximum absolute atomic E-state index is 5.87. The lowest BCUT2D eigenvalue weighted by Crippen LogP contribution is -2.53. The molecule has 0 aromatic heterocycles. The van der Waals surface area contributed by atoms with Crippen LogP contribution < -0.4 is 11.5 Å². The SMILES string of the molecule is CC(ON1C(N)=NC(N)=NC1(C)C)c1ccccc1. The number of benzene rings is 1. The second-order valence-corrected chi connectivity index (χ2v) is 4.89. The minimum Gasteiger partial charge on any atom is -0.368 e. The standard InChI is InChI=1S/C13H19N5O/c1-9(10-7-5-4-6-8-10)19-18-12(15)16-11(14)17-13(18,2)3/h4-9H,1-3H3,(H4,14,15,16,17). The summed E-state index contributed by atoms with van der Waals surface area (Å²) >= 11 is 0. The third-order valence-electron chi connectivity index (χ3n) is 2.85. The number of aliphatic imine (C=N–C) groups is 2. The Hall–Kier alpha value is -2.08. The average molecular weight is 261 g/mol. The first-order valence-corrected chi connectivity index (χ1v) is 6.11. The Morgan fingerprint density at radius 1 is 1.21 bits per heavy atom. The van der Waals surface area contributed by atoms with Crippen molar-refractivity contribution in [3.05, 3.63) is 35.9 Å². The fourth-order valence-corrected chi connectivity index (χ4v) is 1.92. The number of hydroxylamine groups is 2. The maximum atomic E-state index is 5.87. The van der Waals surface area contributed by atoms with Crippen molar-refractivity contribution in [3.63, 3.8) is 0 Å². The van der Waals surface area contributed by atoms with Crippen LogP contribution in [0, 0.1) is 0 Å². The summed E-state index contributed by atoms with van der Waals surface area (Å²) in [6, 6.07) is 9.87. The molecule has 1 aromatic carbocycles. The molecule has 0 saturated carbocycles. The average Bonchev–Trinajstić information content (AvgIpc) is 2.34. The third-order valence-corrected chi connectivity index (χ3v) is 2.85. The summed E-state index contributed by atoms with van der Waals surface area (Å²) in [5, 5.41) is 1.49. The highest BCUT2D eigenvalue weighted by Gasteiger charge is 2.34. The first kappa shape index (κ1) is 13.4. The molecule has 1 aliphatic heterocycles. The largest absolute Gasteiger partial charge is 0.368 e. The Labute approximate surface area is 112 Å². The van der Waals surface area contributed by atoms with E-state index < -0.39 is 5.66 Å². The van der Waals surface area contributed by atoms with Crippen LogP contribution in [0.2, 0.25) is 0 Å². The molecular formula is C13H19N5O. The summed E-state index contributed by atoms with van der Waals surface area (Å²) in [5.41, 5.74) is 11.8. The molecule has 0 spiro atoms. The molecule has 2 rings (SSSR count). The summed E-state index contributed by atoms with van der Waals surface area (Å²) in [5.74, 6) is 0.370. The van der Waals surface area contributed by atoms with Crippen LogP contribution >= 0.6 is 0 Å². The Morgan fingerprint density at radius 2 is 1.84 bits per heavy atom.